The van der Waals surface area contributed by atoms with Crippen molar-refractivity contribution in [3.8, 4) is 11.3 Å². The molecule has 0 fully saturated rings. The van der Waals surface area contributed by atoms with Crippen molar-refractivity contribution in [3.63, 3.8) is 0 Å². The number of aromatic nitrogens is 2. The first-order chi connectivity index (χ1) is 5.97. The molecular weight excluding hydrogens is 199 g/mol. The molecule has 0 unspecified atom stereocenters. The maximum Gasteiger partial charge on any atom is 2.00 e. The molecular formula is C10H6N2V. The summed E-state index contributed by atoms with van der Waals surface area (Å²) < 4.78 is 0. The first-order valence-corrected chi connectivity index (χ1v) is 3.63. The first kappa shape index (κ1) is 9.97. The predicted octanol–water partition coefficient (Wildman–Crippen LogP) is 1.74. The number of hydrogen-bond donors (Lipinski definition) is 0. The van der Waals surface area contributed by atoms with Crippen LogP contribution in [0.1, 0.15) is 0 Å². The fraction of sp³-hybridized carbons (Fsp3) is 0. The molecule has 2 aromatic rings. The van der Waals surface area contributed by atoms with E-state index in [2.05, 4.69) is 22.3 Å². The van der Waals surface area contributed by atoms with E-state index in [4.69, 9.17) is 0 Å². The maximum absolute atomic E-state index is 3.91. The van der Waals surface area contributed by atoms with Gasteiger partial charge in [0.2, 0.25) is 0 Å². The minimum atomic E-state index is 0. The van der Waals surface area contributed by atoms with Gasteiger partial charge >= 0.3 is 18.6 Å². The Labute approximate surface area is 88.9 Å². The molecule has 1 heterocycles. The Balaban J connectivity index is 0.000000845. The quantitative estimate of drug-likeness (QED) is 0.662. The molecule has 0 N–H and O–H groups in total. The van der Waals surface area contributed by atoms with Crippen LogP contribution in [0.2, 0.25) is 0 Å². The smallest absolute Gasteiger partial charge is 0.241 e. The van der Waals surface area contributed by atoms with E-state index in [1.165, 1.54) is 0 Å². The second-order valence-corrected chi connectivity index (χ2v) is 2.30. The van der Waals surface area contributed by atoms with Crippen molar-refractivity contribution in [2.24, 2.45) is 0 Å². The topological polar surface area (TPSA) is 25.8 Å². The fourth-order valence-corrected chi connectivity index (χ4v) is 0.942. The van der Waals surface area contributed by atoms with Crippen LogP contribution in [0, 0.1) is 12.1 Å². The second kappa shape index (κ2) is 4.80. The van der Waals surface area contributed by atoms with Crippen molar-refractivity contribution in [2.45, 2.75) is 0 Å². The third-order valence-corrected chi connectivity index (χ3v) is 1.48. The molecule has 3 heteroatoms. The van der Waals surface area contributed by atoms with Crippen LogP contribution >= 0.6 is 0 Å². The Hall–Kier alpha value is -1.12. The Bertz CT molecular complexity index is 310. The largest absolute Gasteiger partial charge is 2.00 e. The first-order valence-electron chi connectivity index (χ1n) is 3.63. The van der Waals surface area contributed by atoms with Crippen LogP contribution in [0.25, 0.3) is 11.3 Å². The molecule has 0 aliphatic heterocycles. The van der Waals surface area contributed by atoms with Gasteiger partial charge in [0.05, 0.1) is 0 Å². The Morgan fingerprint density at radius 1 is 1.08 bits per heavy atom. The van der Waals surface area contributed by atoms with Crippen molar-refractivity contribution in [1.82, 2.24) is 10.2 Å². The monoisotopic (exact) mass is 205 g/mol. The predicted molar refractivity (Wildman–Crippen MR) is 45.1 cm³/mol. The minimum Gasteiger partial charge on any atom is -0.241 e. The summed E-state index contributed by atoms with van der Waals surface area (Å²) in [7, 11) is 0. The van der Waals surface area contributed by atoms with Gasteiger partial charge in [0.1, 0.15) is 0 Å². The van der Waals surface area contributed by atoms with Gasteiger partial charge in [-0.15, -0.1) is 11.8 Å². The van der Waals surface area contributed by atoms with Crippen LogP contribution in [0.4, 0.5) is 0 Å². The summed E-state index contributed by atoms with van der Waals surface area (Å²) in [6, 6.07) is 15.4. The van der Waals surface area contributed by atoms with E-state index in [0.717, 1.165) is 11.3 Å². The van der Waals surface area contributed by atoms with E-state index in [-0.39, 0.29) is 18.6 Å². The van der Waals surface area contributed by atoms with Crippen molar-refractivity contribution in [2.75, 3.05) is 0 Å². The zero-order valence-electron chi connectivity index (χ0n) is 6.81. The zero-order valence-corrected chi connectivity index (χ0v) is 8.20. The average molecular weight is 205 g/mol. The van der Waals surface area contributed by atoms with Crippen molar-refractivity contribution in [3.05, 3.63) is 48.7 Å². The van der Waals surface area contributed by atoms with Gasteiger partial charge in [-0.3, -0.25) is 0 Å². The van der Waals surface area contributed by atoms with Crippen LogP contribution in [-0.2, 0) is 18.6 Å². The summed E-state index contributed by atoms with van der Waals surface area (Å²) in [6.07, 6.45) is 1.60. The molecule has 13 heavy (non-hydrogen) atoms. The molecule has 1 aromatic carbocycles. The SMILES string of the molecule is [V+2].[c-]1ccccc1-c1[c-]ccnn1. The molecule has 0 atom stereocenters. The van der Waals surface area contributed by atoms with E-state index < -0.39 is 0 Å². The molecule has 2 nitrogen and oxygen atoms in total. The van der Waals surface area contributed by atoms with Gasteiger partial charge < -0.3 is 0 Å². The molecule has 0 aliphatic rings. The van der Waals surface area contributed by atoms with Crippen molar-refractivity contribution < 1.29 is 18.6 Å². The molecule has 1 aromatic heterocycles. The summed E-state index contributed by atoms with van der Waals surface area (Å²) in [6.45, 7) is 0. The van der Waals surface area contributed by atoms with E-state index in [9.17, 15) is 0 Å². The number of nitrogens with zero attached hydrogens (tertiary/aromatic N) is 2. The molecule has 0 spiro atoms. The summed E-state index contributed by atoms with van der Waals surface area (Å²) in [4.78, 5) is 0. The van der Waals surface area contributed by atoms with Crippen LogP contribution in [0.5, 0.6) is 0 Å². The van der Waals surface area contributed by atoms with Gasteiger partial charge in [-0.1, -0.05) is 6.20 Å². The normalized spacial score (nSPS) is 8.92. The molecule has 0 amide bonds. The van der Waals surface area contributed by atoms with E-state index >= 15 is 0 Å². The number of rotatable bonds is 1. The van der Waals surface area contributed by atoms with Crippen molar-refractivity contribution in [1.29, 1.82) is 0 Å². The molecule has 0 saturated carbocycles. The van der Waals surface area contributed by atoms with Gasteiger partial charge in [-0.05, 0) is 0 Å². The van der Waals surface area contributed by atoms with Crippen LogP contribution in [0.3, 0.4) is 0 Å². The summed E-state index contributed by atoms with van der Waals surface area (Å²) in [5.74, 6) is 0. The van der Waals surface area contributed by atoms with E-state index in [1.54, 1.807) is 12.3 Å². The molecule has 0 saturated heterocycles. The minimum absolute atomic E-state index is 0. The Kier molecular flexibility index (Phi) is 3.68. The zero-order chi connectivity index (χ0) is 8.23. The molecule has 0 bridgehead atoms. The van der Waals surface area contributed by atoms with Gasteiger partial charge in [0.25, 0.3) is 0 Å². The van der Waals surface area contributed by atoms with Gasteiger partial charge in [-0.25, -0.2) is 27.9 Å². The summed E-state index contributed by atoms with van der Waals surface area (Å²) >= 11 is 0. The van der Waals surface area contributed by atoms with Crippen LogP contribution < -0.4 is 0 Å². The van der Waals surface area contributed by atoms with Gasteiger partial charge in [-0.2, -0.15) is 24.3 Å². The third kappa shape index (κ3) is 2.41. The standard InChI is InChI=1S/C10H6N2.V/c1-2-5-9(6-3-1)10-7-4-8-11-12-10;/h1-5,8H;/q-2;+2. The Morgan fingerprint density at radius 3 is 2.62 bits per heavy atom. The molecule has 0 aliphatic carbocycles. The van der Waals surface area contributed by atoms with Crippen molar-refractivity contribution >= 4 is 0 Å². The number of hydrogen-bond acceptors (Lipinski definition) is 2. The fourth-order valence-electron chi connectivity index (χ4n) is 0.942. The average Bonchev–Trinajstić information content (AvgIpc) is 2.21. The summed E-state index contributed by atoms with van der Waals surface area (Å²) in [5, 5.41) is 7.67. The maximum atomic E-state index is 3.91. The molecule has 61 valence electrons. The second-order valence-electron chi connectivity index (χ2n) is 2.30. The molecule has 1 radical (unpaired) electrons. The third-order valence-electron chi connectivity index (χ3n) is 1.48. The van der Waals surface area contributed by atoms with Gasteiger partial charge in [0.15, 0.2) is 0 Å². The van der Waals surface area contributed by atoms with Crippen LogP contribution in [-0.4, -0.2) is 10.2 Å². The van der Waals surface area contributed by atoms with Gasteiger partial charge in [0, 0.05) is 0 Å². The number of benzene rings is 1. The van der Waals surface area contributed by atoms with Crippen LogP contribution in [0.15, 0.2) is 36.5 Å². The van der Waals surface area contributed by atoms with E-state index in [1.807, 2.05) is 24.3 Å². The van der Waals surface area contributed by atoms with E-state index in [0.29, 0.717) is 0 Å². The summed E-state index contributed by atoms with van der Waals surface area (Å²) in [5.41, 5.74) is 1.66. The Morgan fingerprint density at radius 2 is 2.00 bits per heavy atom. The molecule has 2 rings (SSSR count).